The Morgan fingerprint density at radius 3 is 2.35 bits per heavy atom. The molecule has 118 valence electrons. The number of halogens is 2. The number of aryl methyl sites for hydroxylation is 1. The molecule has 1 aromatic heterocycles. The first-order valence-corrected chi connectivity index (χ1v) is 8.06. The zero-order chi connectivity index (χ0) is 16.8. The minimum atomic E-state index is -4.03. The third-order valence-corrected chi connectivity index (χ3v) is 5.25. The molecule has 0 saturated carbocycles. The van der Waals surface area contributed by atoms with Gasteiger partial charge in [0.2, 0.25) is 0 Å². The van der Waals surface area contributed by atoms with Crippen LogP contribution in [-0.4, -0.2) is 18.7 Å². The van der Waals surface area contributed by atoms with E-state index in [0.717, 1.165) is 21.8 Å². The van der Waals surface area contributed by atoms with Crippen molar-refractivity contribution in [2.45, 2.75) is 11.8 Å². The van der Waals surface area contributed by atoms with E-state index >= 15 is 0 Å². The highest BCUT2D eigenvalue weighted by molar-refractivity contribution is 7.90. The Morgan fingerprint density at radius 1 is 1.09 bits per heavy atom. The predicted molar refractivity (Wildman–Crippen MR) is 81.0 cm³/mol. The van der Waals surface area contributed by atoms with Crippen molar-refractivity contribution in [3.8, 4) is 0 Å². The molecular weight excluding hydrogens is 324 g/mol. The first kappa shape index (κ1) is 15.4. The summed E-state index contributed by atoms with van der Waals surface area (Å²) in [5.74, 6) is -2.39. The number of aldehydes is 1. The van der Waals surface area contributed by atoms with Gasteiger partial charge in [0.05, 0.1) is 10.4 Å². The number of hydrogen-bond donors (Lipinski definition) is 0. The van der Waals surface area contributed by atoms with Crippen molar-refractivity contribution in [3.05, 3.63) is 65.4 Å². The molecule has 0 aliphatic rings. The Labute approximate surface area is 131 Å². The Morgan fingerprint density at radius 2 is 1.74 bits per heavy atom. The molecule has 0 bridgehead atoms. The van der Waals surface area contributed by atoms with E-state index in [1.165, 1.54) is 12.1 Å². The molecule has 3 aromatic rings. The van der Waals surface area contributed by atoms with Gasteiger partial charge in [0.15, 0.2) is 17.9 Å². The van der Waals surface area contributed by atoms with Crippen molar-refractivity contribution in [3.63, 3.8) is 0 Å². The van der Waals surface area contributed by atoms with Crippen molar-refractivity contribution in [2.75, 3.05) is 0 Å². The number of nitrogens with zero attached hydrogens (tertiary/aromatic N) is 1. The van der Waals surface area contributed by atoms with Gasteiger partial charge in [0.25, 0.3) is 10.0 Å². The fourth-order valence-electron chi connectivity index (χ4n) is 2.39. The maximum Gasteiger partial charge on any atom is 0.268 e. The highest BCUT2D eigenvalue weighted by Crippen LogP contribution is 2.28. The van der Waals surface area contributed by atoms with Crippen LogP contribution in [-0.2, 0) is 10.0 Å². The van der Waals surface area contributed by atoms with E-state index in [0.29, 0.717) is 12.4 Å². The minimum Gasteiger partial charge on any atom is -0.298 e. The molecular formula is C16H11F2NO3S. The van der Waals surface area contributed by atoms with Gasteiger partial charge in [0, 0.05) is 17.1 Å². The molecule has 23 heavy (non-hydrogen) atoms. The van der Waals surface area contributed by atoms with E-state index in [-0.39, 0.29) is 21.4 Å². The summed E-state index contributed by atoms with van der Waals surface area (Å²) < 4.78 is 53.6. The second-order valence-corrected chi connectivity index (χ2v) is 6.89. The average molecular weight is 335 g/mol. The van der Waals surface area contributed by atoms with Gasteiger partial charge in [-0.05, 0) is 31.2 Å². The minimum absolute atomic E-state index is 0.0119. The first-order chi connectivity index (χ1) is 10.9. The summed E-state index contributed by atoms with van der Waals surface area (Å²) in [6, 6.07) is 7.89. The van der Waals surface area contributed by atoms with Crippen LogP contribution in [0.1, 0.15) is 15.9 Å². The highest BCUT2D eigenvalue weighted by Gasteiger charge is 2.23. The van der Waals surface area contributed by atoms with Crippen LogP contribution in [0.25, 0.3) is 10.9 Å². The van der Waals surface area contributed by atoms with Crippen LogP contribution < -0.4 is 0 Å². The number of benzene rings is 2. The third-order valence-electron chi connectivity index (χ3n) is 3.56. The summed E-state index contributed by atoms with van der Waals surface area (Å²) in [6.07, 6.45) is 1.40. The smallest absolute Gasteiger partial charge is 0.268 e. The van der Waals surface area contributed by atoms with Crippen LogP contribution in [0.4, 0.5) is 8.78 Å². The van der Waals surface area contributed by atoms with Gasteiger partial charge in [-0.3, -0.25) is 4.79 Å². The Balaban J connectivity index is 2.34. The van der Waals surface area contributed by atoms with E-state index in [1.54, 1.807) is 12.1 Å². The molecule has 0 radical (unpaired) electrons. The average Bonchev–Trinajstić information content (AvgIpc) is 2.97. The van der Waals surface area contributed by atoms with Crippen molar-refractivity contribution in [1.29, 1.82) is 0 Å². The fourth-order valence-corrected chi connectivity index (χ4v) is 3.76. The Bertz CT molecular complexity index is 1020. The standard InChI is InChI=1S/C16H11F2NO3S/c1-10-2-4-12(5-3-10)23(21,22)19-7-6-13-15(18)14(17)8-11(9-20)16(13)19/h2-9H,1H3. The number of carbonyl (C=O) groups is 1. The topological polar surface area (TPSA) is 56.1 Å². The second-order valence-electron chi connectivity index (χ2n) is 5.07. The molecule has 0 spiro atoms. The number of carbonyl (C=O) groups excluding carboxylic acids is 1. The lowest BCUT2D eigenvalue weighted by Crippen LogP contribution is -2.13. The zero-order valence-electron chi connectivity index (χ0n) is 12.0. The predicted octanol–water partition coefficient (Wildman–Crippen LogP) is 3.28. The Hall–Kier alpha value is -2.54. The van der Waals surface area contributed by atoms with Gasteiger partial charge >= 0.3 is 0 Å². The number of fused-ring (bicyclic) bond motifs is 1. The maximum absolute atomic E-state index is 13.9. The van der Waals surface area contributed by atoms with Crippen molar-refractivity contribution in [2.24, 2.45) is 0 Å². The molecule has 0 aliphatic heterocycles. The van der Waals surface area contributed by atoms with Gasteiger partial charge in [-0.15, -0.1) is 0 Å². The second kappa shape index (κ2) is 5.27. The van der Waals surface area contributed by atoms with Crippen LogP contribution in [0, 0.1) is 18.6 Å². The van der Waals surface area contributed by atoms with E-state index in [9.17, 15) is 22.0 Å². The third kappa shape index (κ3) is 2.33. The molecule has 0 amide bonds. The molecule has 7 heteroatoms. The molecule has 0 aliphatic carbocycles. The summed E-state index contributed by atoms with van der Waals surface area (Å²) >= 11 is 0. The molecule has 3 rings (SSSR count). The maximum atomic E-state index is 13.9. The van der Waals surface area contributed by atoms with Crippen LogP contribution in [0.2, 0.25) is 0 Å². The highest BCUT2D eigenvalue weighted by atomic mass is 32.2. The van der Waals surface area contributed by atoms with Crippen LogP contribution in [0.3, 0.4) is 0 Å². The quantitative estimate of drug-likeness (QED) is 0.690. The van der Waals surface area contributed by atoms with E-state index in [2.05, 4.69) is 0 Å². The van der Waals surface area contributed by atoms with Gasteiger partial charge in [-0.2, -0.15) is 0 Å². The van der Waals surface area contributed by atoms with Crippen LogP contribution in [0.5, 0.6) is 0 Å². The van der Waals surface area contributed by atoms with Crippen molar-refractivity contribution in [1.82, 2.24) is 3.97 Å². The lowest BCUT2D eigenvalue weighted by Gasteiger charge is -2.09. The van der Waals surface area contributed by atoms with Crippen molar-refractivity contribution < 1.29 is 22.0 Å². The lowest BCUT2D eigenvalue weighted by atomic mass is 10.1. The summed E-state index contributed by atoms with van der Waals surface area (Å²) in [5, 5.41) is -0.261. The zero-order valence-corrected chi connectivity index (χ0v) is 12.8. The molecule has 1 heterocycles. The number of hydrogen-bond acceptors (Lipinski definition) is 3. The molecule has 2 aromatic carbocycles. The normalized spacial score (nSPS) is 11.8. The van der Waals surface area contributed by atoms with E-state index < -0.39 is 21.7 Å². The molecule has 0 atom stereocenters. The lowest BCUT2D eigenvalue weighted by molar-refractivity contribution is 0.112. The molecule has 0 N–H and O–H groups in total. The Kier molecular flexibility index (Phi) is 3.52. The van der Waals surface area contributed by atoms with Crippen LogP contribution in [0.15, 0.2) is 47.5 Å². The summed E-state index contributed by atoms with van der Waals surface area (Å²) in [4.78, 5) is 11.1. The number of rotatable bonds is 3. The SMILES string of the molecule is Cc1ccc(S(=O)(=O)n2ccc3c(F)c(F)cc(C=O)c32)cc1. The summed E-state index contributed by atoms with van der Waals surface area (Å²) in [6.45, 7) is 1.81. The first-order valence-electron chi connectivity index (χ1n) is 6.62. The number of aromatic nitrogens is 1. The summed E-state index contributed by atoms with van der Waals surface area (Å²) in [7, 11) is -4.03. The molecule has 0 fully saturated rings. The molecule has 0 unspecified atom stereocenters. The van der Waals surface area contributed by atoms with Gasteiger partial charge in [-0.1, -0.05) is 17.7 Å². The molecule has 0 saturated heterocycles. The van der Waals surface area contributed by atoms with E-state index in [4.69, 9.17) is 0 Å². The van der Waals surface area contributed by atoms with Gasteiger partial charge in [0.1, 0.15) is 0 Å². The van der Waals surface area contributed by atoms with Crippen molar-refractivity contribution >= 4 is 27.2 Å². The van der Waals surface area contributed by atoms with Gasteiger partial charge in [-0.25, -0.2) is 21.2 Å². The largest absolute Gasteiger partial charge is 0.298 e. The van der Waals surface area contributed by atoms with Crippen LogP contribution >= 0.6 is 0 Å². The van der Waals surface area contributed by atoms with Gasteiger partial charge < -0.3 is 0 Å². The fraction of sp³-hybridized carbons (Fsp3) is 0.0625. The molecule has 4 nitrogen and oxygen atoms in total. The van der Waals surface area contributed by atoms with E-state index in [1.807, 2.05) is 6.92 Å². The monoisotopic (exact) mass is 335 g/mol. The summed E-state index contributed by atoms with van der Waals surface area (Å²) in [5.41, 5.74) is 0.460.